The molecule has 0 heterocycles. The summed E-state index contributed by atoms with van der Waals surface area (Å²) < 4.78 is 0. The van der Waals surface area contributed by atoms with Gasteiger partial charge in [-0.05, 0) is 0 Å². The minimum atomic E-state index is 0. The second kappa shape index (κ2) is 81.2. The minimum absolute atomic E-state index is 0. The molecule has 0 aromatic rings. The molecule has 0 saturated heterocycles. The van der Waals surface area contributed by atoms with Crippen LogP contribution < -0.4 is 0 Å². The molecule has 0 unspecified atom stereocenters. The van der Waals surface area contributed by atoms with E-state index in [0.717, 1.165) is 0 Å². The van der Waals surface area contributed by atoms with Gasteiger partial charge in [0.2, 0.25) is 0 Å². The van der Waals surface area contributed by atoms with Crippen molar-refractivity contribution in [2.45, 2.75) is 0 Å². The van der Waals surface area contributed by atoms with Crippen molar-refractivity contribution >= 4 is 75.5 Å². The average Bonchev–Trinajstić information content (AvgIpc) is 0. The van der Waals surface area contributed by atoms with Crippen LogP contribution in [0.25, 0.3) is 0 Å². The molecule has 0 spiro atoms. The summed E-state index contributed by atoms with van der Waals surface area (Å²) in [7, 11) is 0. The number of hydrogen-bond donors (Lipinski definition) is 0. The zero-order chi connectivity index (χ0) is 0. The van der Waals surface area contributed by atoms with Gasteiger partial charge in [-0.2, -0.15) is 0 Å². The van der Waals surface area contributed by atoms with Gasteiger partial charge in [0.25, 0.3) is 0 Å². The van der Waals surface area contributed by atoms with Gasteiger partial charge in [-0.3, -0.25) is 0 Å². The Balaban J connectivity index is 0. The van der Waals surface area contributed by atoms with Gasteiger partial charge in [0.05, 0.1) is 0 Å². The van der Waals surface area contributed by atoms with Gasteiger partial charge in [-0.15, -0.1) is 0 Å². The Kier molecular flexibility index (Phi) is 935. The van der Waals surface area contributed by atoms with E-state index in [0.29, 0.717) is 0 Å². The third-order valence-electron chi connectivity index (χ3n) is 0. The molecule has 0 radical (unpaired) electrons. The SMILES string of the molecule is [Ca+2].[Ca+2].[O-2].[O-2].[O-2].[O-2].[O-2].[Y+3].[Y+3]. The number of hydrogen-bond acceptors (Lipinski definition) is 0. The maximum atomic E-state index is 0. The molecule has 0 N–H and O–H groups in total. The third kappa shape index (κ3) is 67.7. The molecule has 0 aliphatic carbocycles. The Labute approximate surface area is 164 Å². The van der Waals surface area contributed by atoms with Gasteiger partial charge in [0, 0.05) is 0 Å². The molecule has 0 atom stereocenters. The normalized spacial score (nSPS) is 0. The van der Waals surface area contributed by atoms with Crippen molar-refractivity contribution < 1.29 is 92.8 Å². The van der Waals surface area contributed by atoms with Crippen LogP contribution in [0, 0.1) is 0 Å². The van der Waals surface area contributed by atoms with Crippen LogP contribution in [-0.2, 0) is 92.8 Å². The summed E-state index contributed by atoms with van der Waals surface area (Å²) in [5.41, 5.74) is 0. The molecule has 0 bridgehead atoms. The zero-order valence-electron chi connectivity index (χ0n) is 4.61. The quantitative estimate of drug-likeness (QED) is 0.481. The van der Waals surface area contributed by atoms with E-state index < -0.39 is 0 Å². The maximum Gasteiger partial charge on any atom is 3.00 e. The molecular formula is Ca2O5Y2. The fraction of sp³-hybridized carbons (Fsp3) is 0. The Morgan fingerprint density at radius 2 is 0.333 bits per heavy atom. The fourth-order valence-corrected chi connectivity index (χ4v) is 0. The molecule has 0 saturated carbocycles. The van der Waals surface area contributed by atoms with E-state index >= 15 is 0 Å². The summed E-state index contributed by atoms with van der Waals surface area (Å²) in [5, 5.41) is 0. The van der Waals surface area contributed by atoms with Crippen LogP contribution in [0.2, 0.25) is 0 Å². The number of rotatable bonds is 0. The zero-order valence-corrected chi connectivity index (χ0v) is 14.7. The summed E-state index contributed by atoms with van der Waals surface area (Å²) in [6.07, 6.45) is 0. The molecule has 0 aromatic carbocycles. The Bertz CT molecular complexity index is 12.9. The summed E-state index contributed by atoms with van der Waals surface area (Å²) in [6, 6.07) is 0. The molecule has 0 aliphatic heterocycles. The van der Waals surface area contributed by atoms with E-state index in [-0.39, 0.29) is 168 Å². The van der Waals surface area contributed by atoms with Crippen molar-refractivity contribution in [2.75, 3.05) is 0 Å². The largest absolute Gasteiger partial charge is 3.00 e. The molecule has 0 amide bonds. The molecule has 0 aromatic heterocycles. The van der Waals surface area contributed by atoms with E-state index in [2.05, 4.69) is 0 Å². The van der Waals surface area contributed by atoms with Crippen molar-refractivity contribution in [3.63, 3.8) is 0 Å². The summed E-state index contributed by atoms with van der Waals surface area (Å²) in [5.74, 6) is 0. The monoisotopic (exact) mass is 338 g/mol. The van der Waals surface area contributed by atoms with Crippen LogP contribution in [-0.4, -0.2) is 75.5 Å². The first-order valence-corrected chi connectivity index (χ1v) is 0. The topological polar surface area (TPSA) is 142 Å². The first kappa shape index (κ1) is 104. The molecular weight excluding hydrogens is 338 g/mol. The van der Waals surface area contributed by atoms with Gasteiger partial charge in [-0.1, -0.05) is 0 Å². The maximum absolute atomic E-state index is 0. The summed E-state index contributed by atoms with van der Waals surface area (Å²) in [4.78, 5) is 0. The van der Waals surface area contributed by atoms with E-state index in [1.54, 1.807) is 0 Å². The van der Waals surface area contributed by atoms with Crippen molar-refractivity contribution in [1.82, 2.24) is 0 Å². The van der Waals surface area contributed by atoms with Gasteiger partial charge >= 0.3 is 141 Å². The van der Waals surface area contributed by atoms with Crippen LogP contribution in [0.4, 0.5) is 0 Å². The average molecular weight is 338 g/mol. The second-order valence-corrected chi connectivity index (χ2v) is 0. The summed E-state index contributed by atoms with van der Waals surface area (Å²) in [6.45, 7) is 0. The standard InChI is InChI=1S/2Ca.5O.2Y/q2*+2;5*-2;2*+3. The van der Waals surface area contributed by atoms with Crippen LogP contribution >= 0.6 is 0 Å². The molecule has 40 valence electrons. The predicted molar refractivity (Wildman–Crippen MR) is 14.9 cm³/mol. The van der Waals surface area contributed by atoms with Crippen LogP contribution in [0.5, 0.6) is 0 Å². The smallest absolute Gasteiger partial charge is 2.00 e. The molecule has 9 heteroatoms. The molecule has 0 aliphatic rings. The van der Waals surface area contributed by atoms with E-state index in [1.165, 1.54) is 0 Å². The van der Waals surface area contributed by atoms with Crippen molar-refractivity contribution in [2.24, 2.45) is 0 Å². The minimum Gasteiger partial charge on any atom is -2.00 e. The van der Waals surface area contributed by atoms with Gasteiger partial charge in [0.1, 0.15) is 0 Å². The first-order valence-electron chi connectivity index (χ1n) is 0. The van der Waals surface area contributed by atoms with Crippen LogP contribution in [0.15, 0.2) is 0 Å². The molecule has 5 nitrogen and oxygen atoms in total. The fourth-order valence-electron chi connectivity index (χ4n) is 0. The molecule has 0 fully saturated rings. The molecule has 9 heavy (non-hydrogen) atoms. The Morgan fingerprint density at radius 3 is 0.333 bits per heavy atom. The first-order chi connectivity index (χ1) is 0. The van der Waals surface area contributed by atoms with Gasteiger partial charge in [0.15, 0.2) is 0 Å². The van der Waals surface area contributed by atoms with Crippen molar-refractivity contribution in [3.05, 3.63) is 0 Å². The van der Waals surface area contributed by atoms with E-state index in [9.17, 15) is 0 Å². The van der Waals surface area contributed by atoms with Gasteiger partial charge < -0.3 is 27.4 Å². The van der Waals surface area contributed by atoms with Crippen LogP contribution in [0.3, 0.4) is 0 Å². The van der Waals surface area contributed by atoms with E-state index in [4.69, 9.17) is 0 Å². The summed E-state index contributed by atoms with van der Waals surface area (Å²) >= 11 is 0. The van der Waals surface area contributed by atoms with Gasteiger partial charge in [-0.25, -0.2) is 0 Å². The Morgan fingerprint density at radius 1 is 0.333 bits per heavy atom. The third-order valence-corrected chi connectivity index (χ3v) is 0. The molecule has 0 rings (SSSR count). The van der Waals surface area contributed by atoms with E-state index in [1.807, 2.05) is 0 Å². The van der Waals surface area contributed by atoms with Crippen LogP contribution in [0.1, 0.15) is 0 Å². The van der Waals surface area contributed by atoms with Crippen molar-refractivity contribution in [3.8, 4) is 0 Å². The second-order valence-electron chi connectivity index (χ2n) is 0. The Hall–Kier alpha value is 4.53. The van der Waals surface area contributed by atoms with Crippen molar-refractivity contribution in [1.29, 1.82) is 0 Å². The predicted octanol–water partition coefficient (Wildman–Crippen LogP) is -1.36.